The molecule has 1 saturated heterocycles. The highest BCUT2D eigenvalue weighted by molar-refractivity contribution is 6.03. The van der Waals surface area contributed by atoms with Gasteiger partial charge in [-0.05, 0) is 23.8 Å². The van der Waals surface area contributed by atoms with Crippen LogP contribution in [0.1, 0.15) is 28.6 Å². The number of hydrogen-bond donors (Lipinski definition) is 1. The van der Waals surface area contributed by atoms with Gasteiger partial charge in [0.15, 0.2) is 5.67 Å². The summed E-state index contributed by atoms with van der Waals surface area (Å²) in [5.74, 6) is -0.258. The largest absolute Gasteiger partial charge is 0.373 e. The Balaban J connectivity index is 1.35. The van der Waals surface area contributed by atoms with Crippen molar-refractivity contribution in [1.29, 1.82) is 0 Å². The molecule has 7 nitrogen and oxygen atoms in total. The molecule has 0 spiro atoms. The van der Waals surface area contributed by atoms with Crippen LogP contribution in [0.25, 0.3) is 0 Å². The van der Waals surface area contributed by atoms with Gasteiger partial charge in [-0.15, -0.1) is 0 Å². The summed E-state index contributed by atoms with van der Waals surface area (Å²) in [6.45, 7) is -0.00826. The fourth-order valence-electron chi connectivity index (χ4n) is 3.36. The lowest BCUT2D eigenvalue weighted by atomic mass is 10.1. The third-order valence-electron chi connectivity index (χ3n) is 4.96. The van der Waals surface area contributed by atoms with E-state index in [2.05, 4.69) is 10.3 Å². The molecule has 1 aliphatic heterocycles. The Labute approximate surface area is 178 Å². The number of hydrogen-bond acceptors (Lipinski definition) is 5. The van der Waals surface area contributed by atoms with Gasteiger partial charge in [0.1, 0.15) is 12.0 Å². The van der Waals surface area contributed by atoms with E-state index < -0.39 is 17.6 Å². The summed E-state index contributed by atoms with van der Waals surface area (Å²) in [5.41, 5.74) is -0.926. The summed E-state index contributed by atoms with van der Waals surface area (Å²) in [5, 5.41) is 2.58. The second-order valence-corrected chi connectivity index (χ2v) is 7.42. The van der Waals surface area contributed by atoms with Crippen molar-refractivity contribution in [2.24, 2.45) is 0 Å². The lowest BCUT2D eigenvalue weighted by Crippen LogP contribution is -2.31. The molecule has 0 saturated carbocycles. The van der Waals surface area contributed by atoms with Crippen LogP contribution in [0.4, 0.5) is 10.2 Å². The lowest BCUT2D eigenvalue weighted by molar-refractivity contribution is -0.00451. The van der Waals surface area contributed by atoms with E-state index in [1.54, 1.807) is 30.3 Å². The van der Waals surface area contributed by atoms with Crippen molar-refractivity contribution in [3.05, 3.63) is 94.5 Å². The van der Waals surface area contributed by atoms with Gasteiger partial charge in [0.25, 0.3) is 5.91 Å². The SMILES string of the molecule is O=C(Nc1ccn([C@@H]2C[C@](F)(COCc3ccccc3)CO2)c(=O)n1)c1ccccc1. The van der Waals surface area contributed by atoms with Crippen LogP contribution in [0.15, 0.2) is 77.7 Å². The minimum Gasteiger partial charge on any atom is -0.373 e. The topological polar surface area (TPSA) is 82.5 Å². The number of rotatable bonds is 7. The predicted octanol–water partition coefficient (Wildman–Crippen LogP) is 3.34. The number of nitrogens with one attached hydrogen (secondary N) is 1. The van der Waals surface area contributed by atoms with Crippen LogP contribution in [0.2, 0.25) is 0 Å². The van der Waals surface area contributed by atoms with E-state index in [1.165, 1.54) is 16.8 Å². The van der Waals surface area contributed by atoms with Gasteiger partial charge in [-0.3, -0.25) is 9.36 Å². The van der Waals surface area contributed by atoms with Crippen LogP contribution in [0.5, 0.6) is 0 Å². The van der Waals surface area contributed by atoms with E-state index in [0.717, 1.165) is 5.56 Å². The molecule has 2 heterocycles. The molecule has 1 aliphatic rings. The van der Waals surface area contributed by atoms with Gasteiger partial charge in [-0.1, -0.05) is 48.5 Å². The number of anilines is 1. The summed E-state index contributed by atoms with van der Waals surface area (Å²) < 4.78 is 27.3. The van der Waals surface area contributed by atoms with Crippen LogP contribution in [-0.2, 0) is 16.1 Å². The van der Waals surface area contributed by atoms with Gasteiger partial charge < -0.3 is 14.8 Å². The monoisotopic (exact) mass is 423 g/mol. The van der Waals surface area contributed by atoms with E-state index in [4.69, 9.17) is 9.47 Å². The van der Waals surface area contributed by atoms with E-state index in [0.29, 0.717) is 12.2 Å². The molecule has 3 aromatic rings. The first-order chi connectivity index (χ1) is 15.0. The summed E-state index contributed by atoms with van der Waals surface area (Å²) >= 11 is 0. The molecule has 0 radical (unpaired) electrons. The van der Waals surface area contributed by atoms with E-state index in [1.807, 2.05) is 30.3 Å². The number of nitrogens with zero attached hydrogens (tertiary/aromatic N) is 2. The van der Waals surface area contributed by atoms with Crippen molar-refractivity contribution >= 4 is 11.7 Å². The Kier molecular flexibility index (Phi) is 6.20. The Morgan fingerprint density at radius 3 is 2.58 bits per heavy atom. The predicted molar refractivity (Wildman–Crippen MR) is 112 cm³/mol. The first kappa shape index (κ1) is 20.9. The van der Waals surface area contributed by atoms with Gasteiger partial charge >= 0.3 is 5.69 Å². The third-order valence-corrected chi connectivity index (χ3v) is 4.96. The zero-order valence-electron chi connectivity index (χ0n) is 16.7. The molecule has 8 heteroatoms. The second kappa shape index (κ2) is 9.20. The average molecular weight is 423 g/mol. The first-order valence-corrected chi connectivity index (χ1v) is 9.90. The summed E-state index contributed by atoms with van der Waals surface area (Å²) in [6, 6.07) is 19.6. The van der Waals surface area contributed by atoms with Gasteiger partial charge in [-0.2, -0.15) is 4.98 Å². The molecule has 2 atom stereocenters. The summed E-state index contributed by atoms with van der Waals surface area (Å²) in [4.78, 5) is 28.5. The quantitative estimate of drug-likeness (QED) is 0.630. The molecule has 1 fully saturated rings. The molecule has 0 unspecified atom stereocenters. The maximum absolute atomic E-state index is 15.1. The third kappa shape index (κ3) is 5.22. The van der Waals surface area contributed by atoms with Crippen LogP contribution in [-0.4, -0.2) is 34.3 Å². The zero-order chi connectivity index (χ0) is 21.7. The standard InChI is InChI=1S/C23H22FN3O4/c24-23(15-30-14-17-7-3-1-4-8-17)13-20(31-16-23)27-12-11-19(26-22(27)29)25-21(28)18-9-5-2-6-10-18/h1-12,20H,13-16H2,(H,25,26,28,29)/t20-,23-/m0/s1. The molecule has 1 aromatic heterocycles. The van der Waals surface area contributed by atoms with Crippen LogP contribution >= 0.6 is 0 Å². The second-order valence-electron chi connectivity index (χ2n) is 7.42. The zero-order valence-corrected chi connectivity index (χ0v) is 16.7. The Morgan fingerprint density at radius 2 is 1.87 bits per heavy atom. The van der Waals surface area contributed by atoms with Crippen molar-refractivity contribution < 1.29 is 18.7 Å². The highest BCUT2D eigenvalue weighted by Gasteiger charge is 2.42. The van der Waals surface area contributed by atoms with E-state index >= 15 is 4.39 Å². The highest BCUT2D eigenvalue weighted by atomic mass is 19.1. The van der Waals surface area contributed by atoms with Gasteiger partial charge in [0.2, 0.25) is 0 Å². The molecular formula is C23H22FN3O4. The first-order valence-electron chi connectivity index (χ1n) is 9.90. The number of amides is 1. The molecule has 2 aromatic carbocycles. The number of aromatic nitrogens is 2. The van der Waals surface area contributed by atoms with Gasteiger partial charge in [0.05, 0.1) is 19.8 Å². The number of alkyl halides is 1. The molecule has 4 rings (SSSR count). The van der Waals surface area contributed by atoms with Gasteiger partial charge in [-0.25, -0.2) is 9.18 Å². The Hall–Kier alpha value is -3.36. The van der Waals surface area contributed by atoms with E-state index in [9.17, 15) is 9.59 Å². The normalized spacial score (nSPS) is 20.5. The minimum atomic E-state index is -1.70. The molecule has 160 valence electrons. The number of carbonyl (C=O) groups is 1. The Morgan fingerprint density at radius 1 is 1.16 bits per heavy atom. The molecule has 31 heavy (non-hydrogen) atoms. The highest BCUT2D eigenvalue weighted by Crippen LogP contribution is 2.34. The fraction of sp³-hybridized carbons (Fsp3) is 0.261. The van der Waals surface area contributed by atoms with Crippen molar-refractivity contribution in [3.8, 4) is 0 Å². The maximum Gasteiger partial charge on any atom is 0.351 e. The van der Waals surface area contributed by atoms with Gasteiger partial charge in [0, 0.05) is 18.2 Å². The van der Waals surface area contributed by atoms with Crippen molar-refractivity contribution in [1.82, 2.24) is 9.55 Å². The summed E-state index contributed by atoms with van der Waals surface area (Å²) in [6.07, 6.45) is 0.625. The molecule has 0 bridgehead atoms. The number of benzene rings is 2. The fourth-order valence-corrected chi connectivity index (χ4v) is 3.36. The number of halogens is 1. The maximum atomic E-state index is 15.1. The van der Waals surface area contributed by atoms with Crippen molar-refractivity contribution in [3.63, 3.8) is 0 Å². The smallest absolute Gasteiger partial charge is 0.351 e. The molecular weight excluding hydrogens is 401 g/mol. The summed E-state index contributed by atoms with van der Waals surface area (Å²) in [7, 11) is 0. The van der Waals surface area contributed by atoms with Crippen LogP contribution < -0.4 is 11.0 Å². The van der Waals surface area contributed by atoms with Crippen molar-refractivity contribution in [2.45, 2.75) is 24.9 Å². The van der Waals surface area contributed by atoms with Crippen molar-refractivity contribution in [2.75, 3.05) is 18.5 Å². The van der Waals surface area contributed by atoms with E-state index in [-0.39, 0.29) is 31.4 Å². The molecule has 1 N–H and O–H groups in total. The molecule has 1 amide bonds. The van der Waals surface area contributed by atoms with Crippen LogP contribution in [0.3, 0.4) is 0 Å². The average Bonchev–Trinajstić information content (AvgIpc) is 3.17. The number of carbonyl (C=O) groups excluding carboxylic acids is 1. The number of ether oxygens (including phenoxy) is 2. The molecule has 0 aliphatic carbocycles. The van der Waals surface area contributed by atoms with Crippen LogP contribution in [0, 0.1) is 0 Å². The minimum absolute atomic E-state index is 0.0287. The lowest BCUT2D eigenvalue weighted by Gasteiger charge is -2.18. The Bertz CT molecular complexity index is 1090.